The van der Waals surface area contributed by atoms with Crippen LogP contribution in [-0.2, 0) is 13.6 Å². The normalized spacial score (nSPS) is 14.5. The number of aliphatic imine (C=N–C) groups is 1. The van der Waals surface area contributed by atoms with Gasteiger partial charge in [-0.05, 0) is 0 Å². The van der Waals surface area contributed by atoms with Crippen molar-refractivity contribution in [3.8, 4) is 0 Å². The minimum absolute atomic E-state index is 0.635. The van der Waals surface area contributed by atoms with E-state index in [1.807, 2.05) is 7.05 Å². The van der Waals surface area contributed by atoms with Crippen LogP contribution in [0.5, 0.6) is 0 Å². The molecule has 2 rings (SSSR count). The van der Waals surface area contributed by atoms with E-state index in [1.165, 1.54) is 0 Å². The molecule has 0 radical (unpaired) electrons. The highest BCUT2D eigenvalue weighted by Gasteiger charge is 2.10. The van der Waals surface area contributed by atoms with Crippen molar-refractivity contribution in [2.75, 3.05) is 5.32 Å². The third kappa shape index (κ3) is 0.601. The van der Waals surface area contributed by atoms with E-state index in [-0.39, 0.29) is 0 Å². The van der Waals surface area contributed by atoms with Gasteiger partial charge in [0.1, 0.15) is 5.69 Å². The topological polar surface area (TPSA) is 55.1 Å². The summed E-state index contributed by atoms with van der Waals surface area (Å²) in [5.41, 5.74) is 0.907. The summed E-state index contributed by atoms with van der Waals surface area (Å²) >= 11 is 0. The Hall–Kier alpha value is -1.39. The van der Waals surface area contributed by atoms with Gasteiger partial charge in [0.15, 0.2) is 5.82 Å². The lowest BCUT2D eigenvalue weighted by Gasteiger charge is -2.04. The second kappa shape index (κ2) is 1.80. The fourth-order valence-corrected chi connectivity index (χ4v) is 0.922. The second-order valence-corrected chi connectivity index (χ2v) is 2.12. The lowest BCUT2D eigenvalue weighted by molar-refractivity contribution is 0.721. The maximum Gasteiger partial charge on any atom is 0.154 e. The Morgan fingerprint density at radius 1 is 1.70 bits per heavy atom. The zero-order chi connectivity index (χ0) is 6.97. The van der Waals surface area contributed by atoms with Gasteiger partial charge in [-0.15, -0.1) is 5.10 Å². The molecule has 2 heterocycles. The van der Waals surface area contributed by atoms with Crippen LogP contribution in [0.4, 0.5) is 5.82 Å². The Bertz CT molecular complexity index is 274. The molecule has 0 unspecified atom stereocenters. The van der Waals surface area contributed by atoms with E-state index in [0.29, 0.717) is 6.54 Å². The summed E-state index contributed by atoms with van der Waals surface area (Å²) in [6.07, 6.45) is 1.66. The van der Waals surface area contributed by atoms with Crippen molar-refractivity contribution >= 4 is 12.2 Å². The number of nitrogens with one attached hydrogen (secondary N) is 1. The molecule has 0 amide bonds. The average Bonchev–Trinajstić information content (AvgIpc) is 2.34. The Kier molecular flexibility index (Phi) is 0.969. The molecule has 0 spiro atoms. The number of nitrogens with zero attached hydrogens (tertiary/aromatic N) is 4. The lowest BCUT2D eigenvalue weighted by atomic mass is 10.4. The minimum Gasteiger partial charge on any atom is -0.330 e. The second-order valence-electron chi connectivity index (χ2n) is 2.12. The van der Waals surface area contributed by atoms with Gasteiger partial charge in [0.2, 0.25) is 0 Å². The number of hydrogen-bond acceptors (Lipinski definition) is 4. The van der Waals surface area contributed by atoms with E-state index in [4.69, 9.17) is 0 Å². The molecule has 1 aliphatic rings. The summed E-state index contributed by atoms with van der Waals surface area (Å²) in [6.45, 7) is 0.635. The Morgan fingerprint density at radius 2 is 2.60 bits per heavy atom. The van der Waals surface area contributed by atoms with Gasteiger partial charge in [-0.3, -0.25) is 4.99 Å². The molecule has 0 aliphatic carbocycles. The van der Waals surface area contributed by atoms with Gasteiger partial charge in [-0.25, -0.2) is 4.68 Å². The molecule has 5 nitrogen and oxygen atoms in total. The van der Waals surface area contributed by atoms with Gasteiger partial charge < -0.3 is 5.32 Å². The predicted molar refractivity (Wildman–Crippen MR) is 36.8 cm³/mol. The van der Waals surface area contributed by atoms with E-state index in [2.05, 4.69) is 20.6 Å². The van der Waals surface area contributed by atoms with Crippen molar-refractivity contribution in [2.45, 2.75) is 6.54 Å². The highest BCUT2D eigenvalue weighted by Crippen LogP contribution is 2.13. The summed E-state index contributed by atoms with van der Waals surface area (Å²) in [4.78, 5) is 3.98. The SMILES string of the molecule is Cn1nnc2c1NC=NC2. The average molecular weight is 137 g/mol. The molecule has 0 saturated heterocycles. The first-order valence-corrected chi connectivity index (χ1v) is 3.01. The van der Waals surface area contributed by atoms with Crippen molar-refractivity contribution in [2.24, 2.45) is 12.0 Å². The highest BCUT2D eigenvalue weighted by molar-refractivity contribution is 5.76. The number of anilines is 1. The van der Waals surface area contributed by atoms with Crippen LogP contribution < -0.4 is 5.32 Å². The Balaban J connectivity index is 2.50. The minimum atomic E-state index is 0.635. The van der Waals surface area contributed by atoms with E-state index in [1.54, 1.807) is 11.0 Å². The maximum atomic E-state index is 3.98. The van der Waals surface area contributed by atoms with E-state index in [0.717, 1.165) is 11.5 Å². The molecule has 10 heavy (non-hydrogen) atoms. The van der Waals surface area contributed by atoms with Crippen LogP contribution in [0.1, 0.15) is 5.69 Å². The fourth-order valence-electron chi connectivity index (χ4n) is 0.922. The van der Waals surface area contributed by atoms with Crippen LogP contribution in [0.2, 0.25) is 0 Å². The quantitative estimate of drug-likeness (QED) is 0.537. The predicted octanol–water partition coefficient (Wildman–Crippen LogP) is -0.231. The molecule has 1 N–H and O–H groups in total. The standard InChI is InChI=1S/C5H7N5/c1-10-5-4(8-9-10)2-6-3-7-5/h3H,2H2,1H3,(H,6,7). The molecule has 0 bridgehead atoms. The lowest BCUT2D eigenvalue weighted by Crippen LogP contribution is -2.07. The Morgan fingerprint density at radius 3 is 3.40 bits per heavy atom. The van der Waals surface area contributed by atoms with Gasteiger partial charge in [0.05, 0.1) is 12.9 Å². The zero-order valence-electron chi connectivity index (χ0n) is 5.57. The first-order valence-electron chi connectivity index (χ1n) is 3.01. The van der Waals surface area contributed by atoms with Gasteiger partial charge in [-0.2, -0.15) is 0 Å². The largest absolute Gasteiger partial charge is 0.330 e. The third-order valence-corrected chi connectivity index (χ3v) is 1.43. The van der Waals surface area contributed by atoms with Crippen molar-refractivity contribution < 1.29 is 0 Å². The molecule has 1 aliphatic heterocycles. The van der Waals surface area contributed by atoms with E-state index in [9.17, 15) is 0 Å². The van der Waals surface area contributed by atoms with E-state index < -0.39 is 0 Å². The fraction of sp³-hybridized carbons (Fsp3) is 0.400. The molecule has 0 saturated carbocycles. The van der Waals surface area contributed by atoms with Gasteiger partial charge in [0, 0.05) is 7.05 Å². The van der Waals surface area contributed by atoms with Crippen LogP contribution in [0.25, 0.3) is 0 Å². The first kappa shape index (κ1) is 5.40. The molecular formula is C5H7N5. The summed E-state index contributed by atoms with van der Waals surface area (Å²) in [5, 5.41) is 10.7. The van der Waals surface area contributed by atoms with Gasteiger partial charge >= 0.3 is 0 Å². The number of hydrogen-bond donors (Lipinski definition) is 1. The summed E-state index contributed by atoms with van der Waals surface area (Å²) in [7, 11) is 1.85. The van der Waals surface area contributed by atoms with Crippen LogP contribution in [-0.4, -0.2) is 21.3 Å². The molecule has 0 aromatic carbocycles. The van der Waals surface area contributed by atoms with Crippen LogP contribution >= 0.6 is 0 Å². The van der Waals surface area contributed by atoms with Crippen molar-refractivity contribution in [1.82, 2.24) is 15.0 Å². The van der Waals surface area contributed by atoms with Gasteiger partial charge in [-0.1, -0.05) is 5.21 Å². The van der Waals surface area contributed by atoms with Crippen molar-refractivity contribution in [3.63, 3.8) is 0 Å². The van der Waals surface area contributed by atoms with Gasteiger partial charge in [0.25, 0.3) is 0 Å². The van der Waals surface area contributed by atoms with Crippen molar-refractivity contribution in [1.29, 1.82) is 0 Å². The number of aryl methyl sites for hydroxylation is 1. The number of fused-ring (bicyclic) bond motifs is 1. The van der Waals surface area contributed by atoms with E-state index >= 15 is 0 Å². The monoisotopic (exact) mass is 137 g/mol. The van der Waals surface area contributed by atoms with Crippen LogP contribution in [0.3, 0.4) is 0 Å². The highest BCUT2D eigenvalue weighted by atomic mass is 15.5. The molecular weight excluding hydrogens is 130 g/mol. The molecule has 1 aromatic rings. The summed E-state index contributed by atoms with van der Waals surface area (Å²) in [6, 6.07) is 0. The molecule has 52 valence electrons. The molecule has 0 fully saturated rings. The van der Waals surface area contributed by atoms with Crippen molar-refractivity contribution in [3.05, 3.63) is 5.69 Å². The number of aromatic nitrogens is 3. The van der Waals surface area contributed by atoms with Crippen LogP contribution in [0, 0.1) is 0 Å². The third-order valence-electron chi connectivity index (χ3n) is 1.43. The smallest absolute Gasteiger partial charge is 0.154 e. The Labute approximate surface area is 57.8 Å². The van der Waals surface area contributed by atoms with Crippen LogP contribution in [0.15, 0.2) is 4.99 Å². The maximum absolute atomic E-state index is 3.98. The zero-order valence-corrected chi connectivity index (χ0v) is 5.57. The first-order chi connectivity index (χ1) is 4.88. The molecule has 0 atom stereocenters. The summed E-state index contributed by atoms with van der Waals surface area (Å²) < 4.78 is 1.69. The number of rotatable bonds is 0. The molecule has 5 heteroatoms. The summed E-state index contributed by atoms with van der Waals surface area (Å²) in [5.74, 6) is 0.940. The molecule has 1 aromatic heterocycles.